The molecular weight excluding hydrogens is 766 g/mol. The first kappa shape index (κ1) is 36.4. The lowest BCUT2D eigenvalue weighted by Gasteiger charge is -2.34. The molecule has 2 aliphatic heterocycles. The average molecular weight is 809 g/mol. The zero-order valence-electron chi connectivity index (χ0n) is 30.2. The number of aryl methyl sites for hydroxylation is 1. The summed E-state index contributed by atoms with van der Waals surface area (Å²) in [6, 6.07) is 27.8. The van der Waals surface area contributed by atoms with E-state index in [9.17, 15) is 14.4 Å². The topological polar surface area (TPSA) is 88.6 Å². The molecule has 1 aliphatic carbocycles. The largest absolute Gasteiger partial charge is 0.492 e. The first-order valence-electron chi connectivity index (χ1n) is 18.5. The highest BCUT2D eigenvalue weighted by molar-refractivity contribution is 9.10. The van der Waals surface area contributed by atoms with Crippen molar-refractivity contribution in [2.24, 2.45) is 0 Å². The Balaban J connectivity index is 0.769. The molecule has 0 bridgehead atoms. The number of fused-ring (bicyclic) bond motifs is 2. The predicted molar refractivity (Wildman–Crippen MR) is 214 cm³/mol. The van der Waals surface area contributed by atoms with Crippen molar-refractivity contribution in [2.45, 2.75) is 38.8 Å². The summed E-state index contributed by atoms with van der Waals surface area (Å²) in [4.78, 5) is 44.7. The Labute approximate surface area is 327 Å². The predicted octanol–water partition coefficient (Wildman–Crippen LogP) is 8.15. The summed E-state index contributed by atoms with van der Waals surface area (Å²) in [5, 5.41) is 1.11. The number of hydrogen-bond acceptors (Lipinski definition) is 9. The Bertz CT molecular complexity index is 2180. The third-order valence-corrected chi connectivity index (χ3v) is 12.2. The van der Waals surface area contributed by atoms with Crippen LogP contribution in [0, 0.1) is 6.92 Å². The molecule has 0 N–H and O–H groups in total. The Morgan fingerprint density at radius 2 is 1.44 bits per heavy atom. The Morgan fingerprint density at radius 3 is 2.15 bits per heavy atom. The van der Waals surface area contributed by atoms with Gasteiger partial charge in [0.1, 0.15) is 36.2 Å². The summed E-state index contributed by atoms with van der Waals surface area (Å²) in [7, 11) is 0. The molecule has 1 unspecified atom stereocenters. The minimum Gasteiger partial charge on any atom is -0.492 e. The van der Waals surface area contributed by atoms with Crippen LogP contribution in [0.4, 0.5) is 0 Å². The first-order chi connectivity index (χ1) is 26.3. The van der Waals surface area contributed by atoms with Gasteiger partial charge in [-0.25, -0.2) is 0 Å². The fourth-order valence-electron chi connectivity index (χ4n) is 7.47. The summed E-state index contributed by atoms with van der Waals surface area (Å²) >= 11 is 5.30. The van der Waals surface area contributed by atoms with E-state index in [1.165, 1.54) is 10.3 Å². The molecule has 54 heavy (non-hydrogen) atoms. The quantitative estimate of drug-likeness (QED) is 0.117. The maximum absolute atomic E-state index is 13.0. The highest BCUT2D eigenvalue weighted by Crippen LogP contribution is 2.47. The van der Waals surface area contributed by atoms with Crippen molar-refractivity contribution < 1.29 is 28.6 Å². The molecule has 3 heterocycles. The number of halogens is 1. The van der Waals surface area contributed by atoms with Crippen molar-refractivity contribution in [2.75, 3.05) is 52.5 Å². The monoisotopic (exact) mass is 807 g/mol. The lowest BCUT2D eigenvalue weighted by Crippen LogP contribution is -2.48. The zero-order chi connectivity index (χ0) is 37.2. The molecule has 2 fully saturated rings. The van der Waals surface area contributed by atoms with Crippen LogP contribution in [0.2, 0.25) is 0 Å². The van der Waals surface area contributed by atoms with E-state index < -0.39 is 6.04 Å². The molecule has 1 amide bonds. The van der Waals surface area contributed by atoms with Crippen LogP contribution in [0.1, 0.15) is 40.7 Å². The van der Waals surface area contributed by atoms with Gasteiger partial charge in [-0.2, -0.15) is 0 Å². The van der Waals surface area contributed by atoms with Crippen molar-refractivity contribution in [1.82, 2.24) is 14.7 Å². The highest BCUT2D eigenvalue weighted by atomic mass is 79.9. The van der Waals surface area contributed by atoms with Crippen LogP contribution in [0.5, 0.6) is 23.0 Å². The van der Waals surface area contributed by atoms with Crippen LogP contribution in [-0.4, -0.2) is 90.7 Å². The fourth-order valence-corrected chi connectivity index (χ4v) is 8.96. The van der Waals surface area contributed by atoms with Gasteiger partial charge in [-0.3, -0.25) is 24.2 Å². The van der Waals surface area contributed by atoms with E-state index in [1.807, 2.05) is 36.4 Å². The molecule has 1 saturated carbocycles. The molecule has 0 spiro atoms. The second-order valence-corrected chi connectivity index (χ2v) is 16.2. The molecule has 278 valence electrons. The van der Waals surface area contributed by atoms with Gasteiger partial charge in [0.05, 0.1) is 17.3 Å². The standard InChI is InChI=1S/C43H42BrN3O6S/c1-28-2-13-37-40(24-28)54-42(29-3-5-31(44)6-4-29)41(37)53-34-10-8-33(9-11-34)51-22-20-45-16-18-46(19-17-45)21-23-52-35-12-14-36-30(25-35)27-47(43(36)50)38-15-7-32(48)26-39(38)49/h2-6,8-14,24-25,38H,7,15-23,26-27H2,1H3. The summed E-state index contributed by atoms with van der Waals surface area (Å²) in [5.41, 5.74) is 3.84. The average Bonchev–Trinajstić information content (AvgIpc) is 3.69. The van der Waals surface area contributed by atoms with Crippen molar-refractivity contribution in [3.63, 3.8) is 0 Å². The fraction of sp³-hybridized carbons (Fsp3) is 0.326. The third-order valence-electron chi connectivity index (χ3n) is 10.5. The van der Waals surface area contributed by atoms with E-state index in [4.69, 9.17) is 14.2 Å². The molecule has 8 rings (SSSR count). The number of Topliss-reactive ketones (excluding diaryl/α,β-unsaturated/α-hetero) is 2. The molecular formula is C43H42BrN3O6S. The minimum atomic E-state index is -0.509. The number of nitrogens with zero attached hydrogens (tertiary/aromatic N) is 3. The van der Waals surface area contributed by atoms with Crippen LogP contribution in [0.3, 0.4) is 0 Å². The van der Waals surface area contributed by atoms with Crippen molar-refractivity contribution in [1.29, 1.82) is 0 Å². The van der Waals surface area contributed by atoms with Gasteiger partial charge in [0.25, 0.3) is 5.91 Å². The van der Waals surface area contributed by atoms with Gasteiger partial charge in [0, 0.05) is 72.4 Å². The number of ketones is 2. The van der Waals surface area contributed by atoms with Crippen LogP contribution >= 0.6 is 27.3 Å². The minimum absolute atomic E-state index is 0.0400. The van der Waals surface area contributed by atoms with Gasteiger partial charge in [-0.15, -0.1) is 11.3 Å². The van der Waals surface area contributed by atoms with Crippen molar-refractivity contribution in [3.8, 4) is 33.4 Å². The third kappa shape index (κ3) is 8.10. The van der Waals surface area contributed by atoms with E-state index >= 15 is 0 Å². The zero-order valence-corrected chi connectivity index (χ0v) is 32.6. The normalized spacial score (nSPS) is 18.0. The number of rotatable bonds is 12. The van der Waals surface area contributed by atoms with Gasteiger partial charge in [0.15, 0.2) is 11.5 Å². The molecule has 1 aromatic heterocycles. The Kier molecular flexibility index (Phi) is 10.8. The van der Waals surface area contributed by atoms with E-state index in [2.05, 4.69) is 75.1 Å². The molecule has 11 heteroatoms. The first-order valence-corrected chi connectivity index (χ1v) is 20.1. The number of ether oxygens (including phenoxy) is 3. The van der Waals surface area contributed by atoms with E-state index in [0.29, 0.717) is 38.2 Å². The van der Waals surface area contributed by atoms with E-state index in [1.54, 1.807) is 22.3 Å². The van der Waals surface area contributed by atoms with Crippen LogP contribution in [0.25, 0.3) is 20.5 Å². The molecule has 9 nitrogen and oxygen atoms in total. The van der Waals surface area contributed by atoms with Gasteiger partial charge >= 0.3 is 0 Å². The molecule has 1 saturated heterocycles. The van der Waals surface area contributed by atoms with E-state index in [-0.39, 0.29) is 23.9 Å². The van der Waals surface area contributed by atoms with Gasteiger partial charge in [-0.05, 0) is 96.8 Å². The number of benzene rings is 4. The second-order valence-electron chi connectivity index (χ2n) is 14.2. The van der Waals surface area contributed by atoms with Crippen molar-refractivity contribution >= 4 is 54.8 Å². The molecule has 3 aliphatic rings. The molecule has 5 aromatic rings. The van der Waals surface area contributed by atoms with E-state index in [0.717, 1.165) is 88.1 Å². The second kappa shape index (κ2) is 16.0. The lowest BCUT2D eigenvalue weighted by atomic mass is 9.92. The molecule has 1 atom stereocenters. The van der Waals surface area contributed by atoms with Crippen LogP contribution in [-0.2, 0) is 16.1 Å². The maximum atomic E-state index is 13.0. The molecule has 4 aromatic carbocycles. The molecule has 0 radical (unpaired) electrons. The SMILES string of the molecule is Cc1ccc2c(Oc3ccc(OCCN4CCN(CCOc5ccc6c(c5)CN(C5CCC(=O)CC5=O)C6=O)CC4)cc3)c(-c3ccc(Br)cc3)sc2c1. The Morgan fingerprint density at radius 1 is 0.778 bits per heavy atom. The van der Waals surface area contributed by atoms with Gasteiger partial charge in [0.2, 0.25) is 0 Å². The number of amides is 1. The van der Waals surface area contributed by atoms with Crippen LogP contribution < -0.4 is 14.2 Å². The Hall–Kier alpha value is -4.55. The smallest absolute Gasteiger partial charge is 0.255 e. The van der Waals surface area contributed by atoms with Crippen LogP contribution in [0.15, 0.2) is 89.4 Å². The number of thiophene rings is 1. The summed E-state index contributed by atoms with van der Waals surface area (Å²) in [5.74, 6) is 2.86. The summed E-state index contributed by atoms with van der Waals surface area (Å²) in [6.07, 6.45) is 0.689. The van der Waals surface area contributed by atoms with Crippen molar-refractivity contribution in [3.05, 3.63) is 106 Å². The highest BCUT2D eigenvalue weighted by Gasteiger charge is 2.39. The van der Waals surface area contributed by atoms with Gasteiger partial charge < -0.3 is 19.1 Å². The number of piperazine rings is 1. The summed E-state index contributed by atoms with van der Waals surface area (Å²) < 4.78 is 21.0. The number of carbonyl (C=O) groups excluding carboxylic acids is 3. The maximum Gasteiger partial charge on any atom is 0.255 e. The summed E-state index contributed by atoms with van der Waals surface area (Å²) in [6.45, 7) is 9.17. The lowest BCUT2D eigenvalue weighted by molar-refractivity contribution is -0.133. The van der Waals surface area contributed by atoms with Gasteiger partial charge in [-0.1, -0.05) is 34.1 Å². The number of carbonyl (C=O) groups is 3. The number of hydrogen-bond donors (Lipinski definition) is 0.